The van der Waals surface area contributed by atoms with Crippen molar-refractivity contribution in [1.29, 1.82) is 0 Å². The number of hydrogen-bond acceptors (Lipinski definition) is 5. The van der Waals surface area contributed by atoms with Crippen LogP contribution in [0, 0.1) is 0 Å². The molecule has 0 N–H and O–H groups in total. The molecule has 0 amide bonds. The van der Waals surface area contributed by atoms with E-state index in [1.807, 2.05) is 12.1 Å². The van der Waals surface area contributed by atoms with Crippen molar-refractivity contribution < 1.29 is 23.7 Å². The van der Waals surface area contributed by atoms with Crippen LogP contribution < -0.4 is 18.9 Å². The van der Waals surface area contributed by atoms with E-state index in [1.165, 1.54) is 12.5 Å². The van der Waals surface area contributed by atoms with E-state index >= 15 is 0 Å². The molecule has 0 saturated carbocycles. The second kappa shape index (κ2) is 7.23. The van der Waals surface area contributed by atoms with E-state index in [-0.39, 0.29) is 18.0 Å². The van der Waals surface area contributed by atoms with Crippen LogP contribution in [0.3, 0.4) is 0 Å². The molecule has 0 bridgehead atoms. The molecule has 5 nitrogen and oxygen atoms in total. The minimum Gasteiger partial charge on any atom is -0.496 e. The van der Waals surface area contributed by atoms with Gasteiger partial charge in [-0.05, 0) is 38.5 Å². The van der Waals surface area contributed by atoms with E-state index in [4.69, 9.17) is 18.9 Å². The Labute approximate surface area is 164 Å². The average molecular weight is 380 g/mol. The van der Waals surface area contributed by atoms with E-state index in [0.717, 1.165) is 34.6 Å². The zero-order chi connectivity index (χ0) is 19.8. The zero-order valence-electron chi connectivity index (χ0n) is 16.6. The van der Waals surface area contributed by atoms with Gasteiger partial charge in [-0.1, -0.05) is 17.7 Å². The molecule has 28 heavy (non-hydrogen) atoms. The summed E-state index contributed by atoms with van der Waals surface area (Å²) in [6.07, 6.45) is 2.81. The van der Waals surface area contributed by atoms with Crippen molar-refractivity contribution >= 4 is 5.97 Å². The zero-order valence-corrected chi connectivity index (χ0v) is 16.6. The van der Waals surface area contributed by atoms with Crippen LogP contribution in [-0.4, -0.2) is 19.7 Å². The van der Waals surface area contributed by atoms with Gasteiger partial charge in [-0.3, -0.25) is 4.79 Å². The summed E-state index contributed by atoms with van der Waals surface area (Å²) in [5.41, 5.74) is 4.43. The first-order chi connectivity index (χ1) is 13.5. The summed E-state index contributed by atoms with van der Waals surface area (Å²) in [5.74, 6) is 2.68. The highest BCUT2D eigenvalue weighted by Gasteiger charge is 2.42. The third-order valence-electron chi connectivity index (χ3n) is 5.16. The quantitative estimate of drug-likeness (QED) is 0.436. The molecular formula is C23H24O5. The van der Waals surface area contributed by atoms with Gasteiger partial charge in [-0.15, -0.1) is 0 Å². The molecule has 2 aromatic carbocycles. The number of fused-ring (bicyclic) bond motifs is 5. The van der Waals surface area contributed by atoms with Crippen molar-refractivity contribution in [3.63, 3.8) is 0 Å². The lowest BCUT2D eigenvalue weighted by atomic mass is 9.88. The Balaban J connectivity index is 1.71. The van der Waals surface area contributed by atoms with Crippen molar-refractivity contribution in [2.24, 2.45) is 0 Å². The number of hydrogen-bond donors (Lipinski definition) is 0. The van der Waals surface area contributed by atoms with Gasteiger partial charge in [0.1, 0.15) is 29.1 Å². The SMILES string of the molecule is COc1ccc2c(c1CC=C(C)C)O[C@H]1c3ccc(OC(C)=O)cc3OC[C@@H]21. The van der Waals surface area contributed by atoms with E-state index in [0.29, 0.717) is 18.1 Å². The van der Waals surface area contributed by atoms with Crippen LogP contribution in [0.15, 0.2) is 42.0 Å². The molecule has 2 aliphatic rings. The fourth-order valence-electron chi connectivity index (χ4n) is 3.86. The normalized spacial score (nSPS) is 18.7. The lowest BCUT2D eigenvalue weighted by Gasteiger charge is -2.28. The summed E-state index contributed by atoms with van der Waals surface area (Å²) in [6, 6.07) is 9.54. The molecule has 2 heterocycles. The van der Waals surface area contributed by atoms with Crippen molar-refractivity contribution in [2.75, 3.05) is 13.7 Å². The Morgan fingerprint density at radius 2 is 1.96 bits per heavy atom. The fraction of sp³-hybridized carbons (Fsp3) is 0.348. The maximum atomic E-state index is 11.2. The maximum Gasteiger partial charge on any atom is 0.308 e. The second-order valence-electron chi connectivity index (χ2n) is 7.40. The number of methoxy groups -OCH3 is 1. The summed E-state index contributed by atoms with van der Waals surface area (Å²) in [6.45, 7) is 6.07. The molecule has 0 radical (unpaired) electrons. The molecule has 4 rings (SSSR count). The largest absolute Gasteiger partial charge is 0.496 e. The second-order valence-corrected chi connectivity index (χ2v) is 7.40. The van der Waals surface area contributed by atoms with Crippen molar-refractivity contribution in [2.45, 2.75) is 39.2 Å². The van der Waals surface area contributed by atoms with Crippen molar-refractivity contribution in [1.82, 2.24) is 0 Å². The first kappa shape index (κ1) is 18.4. The molecule has 0 fully saturated rings. The van der Waals surface area contributed by atoms with Crippen molar-refractivity contribution in [3.05, 3.63) is 58.7 Å². The van der Waals surface area contributed by atoms with Gasteiger partial charge in [0.2, 0.25) is 0 Å². The standard InChI is InChI=1S/C23H24O5/c1-13(2)5-7-17-20(25-4)10-9-16-19-12-26-21-11-15(27-14(3)24)6-8-18(21)23(19)28-22(16)17/h5-6,8-11,19,23H,7,12H2,1-4H3/t19-,23-/m0/s1. The Morgan fingerprint density at radius 1 is 1.18 bits per heavy atom. The van der Waals surface area contributed by atoms with Crippen LogP contribution in [-0.2, 0) is 11.2 Å². The lowest BCUT2D eigenvalue weighted by Crippen LogP contribution is -2.23. The molecule has 0 saturated heterocycles. The topological polar surface area (TPSA) is 54.0 Å². The van der Waals surface area contributed by atoms with E-state index in [1.54, 1.807) is 19.2 Å². The molecule has 0 spiro atoms. The molecule has 2 atom stereocenters. The molecule has 0 aromatic heterocycles. The van der Waals surface area contributed by atoms with Crippen LogP contribution in [0.5, 0.6) is 23.0 Å². The summed E-state index contributed by atoms with van der Waals surface area (Å²) in [7, 11) is 1.69. The Bertz CT molecular complexity index is 956. The average Bonchev–Trinajstić information content (AvgIpc) is 3.04. The van der Waals surface area contributed by atoms with Gasteiger partial charge < -0.3 is 18.9 Å². The monoisotopic (exact) mass is 380 g/mol. The number of benzene rings is 2. The van der Waals surface area contributed by atoms with Gasteiger partial charge in [0.15, 0.2) is 0 Å². The van der Waals surface area contributed by atoms with Gasteiger partial charge in [-0.2, -0.15) is 0 Å². The van der Waals surface area contributed by atoms with Gasteiger partial charge in [0.25, 0.3) is 0 Å². The number of esters is 1. The number of ether oxygens (including phenoxy) is 4. The van der Waals surface area contributed by atoms with Gasteiger partial charge in [0.05, 0.1) is 19.6 Å². The van der Waals surface area contributed by atoms with Crippen LogP contribution in [0.25, 0.3) is 0 Å². The molecule has 146 valence electrons. The summed E-state index contributed by atoms with van der Waals surface area (Å²) in [4.78, 5) is 11.2. The van der Waals surface area contributed by atoms with Crippen LogP contribution in [0.4, 0.5) is 0 Å². The van der Waals surface area contributed by atoms with Crippen molar-refractivity contribution in [3.8, 4) is 23.0 Å². The van der Waals surface area contributed by atoms with Gasteiger partial charge in [-0.25, -0.2) is 0 Å². The fourth-order valence-corrected chi connectivity index (χ4v) is 3.86. The van der Waals surface area contributed by atoms with E-state index in [2.05, 4.69) is 26.0 Å². The highest BCUT2D eigenvalue weighted by molar-refractivity contribution is 5.69. The predicted octanol–water partition coefficient (Wildman–Crippen LogP) is 4.74. The summed E-state index contributed by atoms with van der Waals surface area (Å²) >= 11 is 0. The minimum atomic E-state index is -0.353. The highest BCUT2D eigenvalue weighted by atomic mass is 16.5. The lowest BCUT2D eigenvalue weighted by molar-refractivity contribution is -0.131. The summed E-state index contributed by atoms with van der Waals surface area (Å²) < 4.78 is 23.2. The minimum absolute atomic E-state index is 0.123. The number of allylic oxidation sites excluding steroid dienone is 2. The molecular weight excluding hydrogens is 356 g/mol. The smallest absolute Gasteiger partial charge is 0.308 e. The predicted molar refractivity (Wildman–Crippen MR) is 105 cm³/mol. The van der Waals surface area contributed by atoms with Crippen LogP contribution in [0.2, 0.25) is 0 Å². The molecule has 0 aliphatic carbocycles. The third-order valence-corrected chi connectivity index (χ3v) is 5.16. The first-order valence-electron chi connectivity index (χ1n) is 9.43. The van der Waals surface area contributed by atoms with Gasteiger partial charge in [0, 0.05) is 29.7 Å². The van der Waals surface area contributed by atoms with Gasteiger partial charge >= 0.3 is 5.97 Å². The Kier molecular flexibility index (Phi) is 4.75. The number of carbonyl (C=O) groups is 1. The number of rotatable bonds is 4. The highest BCUT2D eigenvalue weighted by Crippen LogP contribution is 2.54. The first-order valence-corrected chi connectivity index (χ1v) is 9.43. The molecule has 2 aliphatic heterocycles. The Hall–Kier alpha value is -2.95. The molecule has 5 heteroatoms. The molecule has 0 unspecified atom stereocenters. The van der Waals surface area contributed by atoms with Crippen LogP contribution >= 0.6 is 0 Å². The van der Waals surface area contributed by atoms with Crippen LogP contribution in [0.1, 0.15) is 49.5 Å². The number of carbonyl (C=O) groups excluding carboxylic acids is 1. The summed E-state index contributed by atoms with van der Waals surface area (Å²) in [5, 5.41) is 0. The van der Waals surface area contributed by atoms with E-state index in [9.17, 15) is 4.79 Å². The Morgan fingerprint density at radius 3 is 2.68 bits per heavy atom. The maximum absolute atomic E-state index is 11.2. The molecule has 2 aromatic rings. The third kappa shape index (κ3) is 3.21. The van der Waals surface area contributed by atoms with E-state index < -0.39 is 0 Å².